The van der Waals surface area contributed by atoms with E-state index in [1.807, 2.05) is 55.5 Å². The second kappa shape index (κ2) is 13.3. The Labute approximate surface area is 328 Å². The van der Waals surface area contributed by atoms with Crippen LogP contribution in [0.3, 0.4) is 0 Å². The highest BCUT2D eigenvalue weighted by atomic mass is 16.3. The summed E-state index contributed by atoms with van der Waals surface area (Å²) in [6.45, 7) is 2.04. The van der Waals surface area contributed by atoms with Crippen molar-refractivity contribution in [2.24, 2.45) is 0 Å². The van der Waals surface area contributed by atoms with Crippen molar-refractivity contribution in [1.29, 1.82) is 0 Å². The lowest BCUT2D eigenvalue weighted by Crippen LogP contribution is -2.01. The zero-order chi connectivity index (χ0) is 37.9. The Morgan fingerprint density at radius 1 is 0.404 bits per heavy atom. The Balaban J connectivity index is 1.18. The molecule has 0 saturated heterocycles. The van der Waals surface area contributed by atoms with Crippen LogP contribution in [-0.4, -0.2) is 15.0 Å². The van der Waals surface area contributed by atoms with Crippen LogP contribution in [0.4, 0.5) is 0 Å². The molecule has 0 bridgehead atoms. The third kappa shape index (κ3) is 5.43. The summed E-state index contributed by atoms with van der Waals surface area (Å²) < 4.78 is 13.4. The second-order valence-corrected chi connectivity index (χ2v) is 14.2. The van der Waals surface area contributed by atoms with Gasteiger partial charge in [0.05, 0.1) is 0 Å². The maximum absolute atomic E-state index is 6.90. The quantitative estimate of drug-likeness (QED) is 0.170. The lowest BCUT2D eigenvalue weighted by atomic mass is 9.93. The molecule has 5 nitrogen and oxygen atoms in total. The predicted octanol–water partition coefficient (Wildman–Crippen LogP) is 14.2. The van der Waals surface area contributed by atoms with Gasteiger partial charge < -0.3 is 8.83 Å². The largest absolute Gasteiger partial charge is 0.456 e. The molecule has 11 aromatic rings. The van der Waals surface area contributed by atoms with E-state index in [0.29, 0.717) is 17.5 Å². The number of fused-ring (bicyclic) bond motifs is 8. The number of rotatable bonds is 6. The molecule has 5 heteroatoms. The molecule has 11 rings (SSSR count). The Morgan fingerprint density at radius 3 is 1.89 bits per heavy atom. The summed E-state index contributed by atoms with van der Waals surface area (Å²) in [4.78, 5) is 15.7. The number of furan rings is 2. The van der Waals surface area contributed by atoms with E-state index in [-0.39, 0.29) is 0 Å². The average molecular weight is 732 g/mol. The summed E-state index contributed by atoms with van der Waals surface area (Å²) in [5.41, 5.74) is 11.2. The van der Waals surface area contributed by atoms with E-state index < -0.39 is 0 Å². The van der Waals surface area contributed by atoms with Crippen molar-refractivity contribution in [1.82, 2.24) is 15.0 Å². The molecular weight excluding hydrogens is 699 g/mol. The van der Waals surface area contributed by atoms with Crippen molar-refractivity contribution >= 4 is 60.7 Å². The lowest BCUT2D eigenvalue weighted by molar-refractivity contribution is 0.668. The van der Waals surface area contributed by atoms with Gasteiger partial charge in [-0.3, -0.25) is 0 Å². The number of hydrogen-bond acceptors (Lipinski definition) is 5. The van der Waals surface area contributed by atoms with Crippen molar-refractivity contribution in [3.05, 3.63) is 181 Å². The van der Waals surface area contributed by atoms with E-state index in [0.717, 1.165) is 88.0 Å². The van der Waals surface area contributed by atoms with Crippen LogP contribution in [0.1, 0.15) is 12.5 Å². The first kappa shape index (κ1) is 32.8. The van der Waals surface area contributed by atoms with E-state index >= 15 is 0 Å². The molecule has 0 unspecified atom stereocenters. The molecule has 0 amide bonds. The Kier molecular flexibility index (Phi) is 7.64. The summed E-state index contributed by atoms with van der Waals surface area (Å²) in [7, 11) is 0. The number of aromatic nitrogens is 3. The average Bonchev–Trinajstić information content (AvgIpc) is 3.86. The summed E-state index contributed by atoms with van der Waals surface area (Å²) >= 11 is 0. The standard InChI is InChI=1S/C52H33N3O2/c1-2-13-32-14-6-8-18-37(32)34-24-26-36(27-25-34)51-53-50(35-16-4-3-5-17-35)54-52(55-51)47-39(30-31-45-46(47)43-20-10-11-23-44(43)56-45)40-21-12-22-41-42-29-28-33-15-7-9-19-38(33)48(42)57-49(40)41/h2-31H,1H3/b13-2-. The van der Waals surface area contributed by atoms with Crippen LogP contribution in [0.2, 0.25) is 0 Å². The minimum atomic E-state index is 0.548. The van der Waals surface area contributed by atoms with E-state index in [2.05, 4.69) is 133 Å². The third-order valence-electron chi connectivity index (χ3n) is 10.9. The van der Waals surface area contributed by atoms with Gasteiger partial charge in [0.1, 0.15) is 22.3 Å². The molecule has 0 radical (unpaired) electrons. The molecule has 0 aliphatic heterocycles. The summed E-state index contributed by atoms with van der Waals surface area (Å²) in [6, 6.07) is 58.4. The van der Waals surface area contributed by atoms with Gasteiger partial charge in [-0.2, -0.15) is 0 Å². The van der Waals surface area contributed by atoms with Crippen LogP contribution >= 0.6 is 0 Å². The number of hydrogen-bond donors (Lipinski definition) is 0. The van der Waals surface area contributed by atoms with Gasteiger partial charge in [0.2, 0.25) is 0 Å². The molecule has 0 aliphatic carbocycles. The highest BCUT2D eigenvalue weighted by Crippen LogP contribution is 2.46. The highest BCUT2D eigenvalue weighted by molar-refractivity contribution is 6.20. The zero-order valence-corrected chi connectivity index (χ0v) is 31.0. The molecular formula is C52H33N3O2. The highest BCUT2D eigenvalue weighted by Gasteiger charge is 2.24. The van der Waals surface area contributed by atoms with E-state index in [4.69, 9.17) is 23.8 Å². The van der Waals surface area contributed by atoms with Gasteiger partial charge in [-0.25, -0.2) is 15.0 Å². The summed E-state index contributed by atoms with van der Waals surface area (Å²) in [5.74, 6) is 1.71. The van der Waals surface area contributed by atoms with Gasteiger partial charge in [-0.05, 0) is 58.8 Å². The fraction of sp³-hybridized carbons (Fsp3) is 0.0192. The first-order valence-electron chi connectivity index (χ1n) is 19.1. The lowest BCUT2D eigenvalue weighted by Gasteiger charge is -2.14. The van der Waals surface area contributed by atoms with Gasteiger partial charge in [0.15, 0.2) is 17.5 Å². The van der Waals surface area contributed by atoms with E-state index in [9.17, 15) is 0 Å². The third-order valence-corrected chi connectivity index (χ3v) is 10.9. The monoisotopic (exact) mass is 731 g/mol. The Morgan fingerprint density at radius 2 is 1.05 bits per heavy atom. The fourth-order valence-corrected chi connectivity index (χ4v) is 8.23. The number of allylic oxidation sites excluding steroid dienone is 1. The van der Waals surface area contributed by atoms with Crippen LogP contribution in [0.25, 0.3) is 117 Å². The minimum Gasteiger partial charge on any atom is -0.456 e. The first-order valence-corrected chi connectivity index (χ1v) is 19.1. The number of nitrogens with zero attached hydrogens (tertiary/aromatic N) is 3. The normalized spacial score (nSPS) is 11.9. The molecule has 0 fully saturated rings. The molecule has 3 heterocycles. The number of para-hydroxylation sites is 2. The van der Waals surface area contributed by atoms with Gasteiger partial charge in [0, 0.05) is 49.2 Å². The van der Waals surface area contributed by atoms with Crippen molar-refractivity contribution in [2.75, 3.05) is 0 Å². The predicted molar refractivity (Wildman–Crippen MR) is 234 cm³/mol. The van der Waals surface area contributed by atoms with E-state index in [1.54, 1.807) is 0 Å². The molecule has 3 aromatic heterocycles. The summed E-state index contributed by atoms with van der Waals surface area (Å²) in [6.07, 6.45) is 4.21. The molecule has 8 aromatic carbocycles. The fourth-order valence-electron chi connectivity index (χ4n) is 8.23. The second-order valence-electron chi connectivity index (χ2n) is 14.2. The summed E-state index contributed by atoms with van der Waals surface area (Å²) in [5, 5.41) is 6.27. The van der Waals surface area contributed by atoms with Crippen LogP contribution < -0.4 is 0 Å². The van der Waals surface area contributed by atoms with Crippen molar-refractivity contribution in [3.63, 3.8) is 0 Å². The molecule has 57 heavy (non-hydrogen) atoms. The molecule has 0 atom stereocenters. The molecule has 268 valence electrons. The maximum atomic E-state index is 6.90. The van der Waals surface area contributed by atoms with E-state index in [1.165, 1.54) is 11.1 Å². The van der Waals surface area contributed by atoms with Crippen molar-refractivity contribution in [2.45, 2.75) is 6.92 Å². The Bertz CT molecular complexity index is 3360. The number of benzene rings is 8. The van der Waals surface area contributed by atoms with Gasteiger partial charge in [0.25, 0.3) is 0 Å². The Hall–Kier alpha value is -7.63. The van der Waals surface area contributed by atoms with Crippen LogP contribution in [0, 0.1) is 0 Å². The van der Waals surface area contributed by atoms with Gasteiger partial charge >= 0.3 is 0 Å². The molecule has 0 saturated carbocycles. The topological polar surface area (TPSA) is 65.0 Å². The van der Waals surface area contributed by atoms with Crippen LogP contribution in [0.5, 0.6) is 0 Å². The smallest absolute Gasteiger partial charge is 0.165 e. The van der Waals surface area contributed by atoms with Crippen molar-refractivity contribution < 1.29 is 8.83 Å². The minimum absolute atomic E-state index is 0.548. The molecule has 0 aliphatic rings. The SMILES string of the molecule is C/C=C\c1ccccc1-c1ccc(-c2nc(-c3ccccc3)nc(-c3c(-c4cccc5c4oc4c6ccccc6ccc54)ccc4oc5ccccc5c34)n2)cc1. The zero-order valence-electron chi connectivity index (χ0n) is 31.0. The van der Waals surface area contributed by atoms with Gasteiger partial charge in [-0.15, -0.1) is 0 Å². The van der Waals surface area contributed by atoms with Crippen LogP contribution in [0.15, 0.2) is 185 Å². The molecule has 0 spiro atoms. The molecule has 0 N–H and O–H groups in total. The van der Waals surface area contributed by atoms with Gasteiger partial charge in [-0.1, -0.05) is 158 Å². The van der Waals surface area contributed by atoms with Crippen molar-refractivity contribution in [3.8, 4) is 56.4 Å². The maximum Gasteiger partial charge on any atom is 0.165 e. The van der Waals surface area contributed by atoms with Crippen LogP contribution in [-0.2, 0) is 0 Å². The first-order chi connectivity index (χ1) is 28.2.